The molecule has 1 atom stereocenters. The van der Waals surface area contributed by atoms with Gasteiger partial charge in [0.2, 0.25) is 0 Å². The number of aryl methyl sites for hydroxylation is 1. The molecule has 1 amide bonds. The summed E-state index contributed by atoms with van der Waals surface area (Å²) in [4.78, 5) is 31.4. The zero-order valence-electron chi connectivity index (χ0n) is 21.6. The van der Waals surface area contributed by atoms with Gasteiger partial charge in [-0.25, -0.2) is 4.79 Å². The number of likely N-dealkylation sites (N-methyl/N-ethyl adjacent to an activating group) is 1. The number of rotatable bonds is 8. The third kappa shape index (κ3) is 7.59. The van der Waals surface area contributed by atoms with Gasteiger partial charge in [-0.3, -0.25) is 14.4 Å². The van der Waals surface area contributed by atoms with Crippen LogP contribution in [0.2, 0.25) is 0 Å². The van der Waals surface area contributed by atoms with Crippen molar-refractivity contribution in [1.29, 1.82) is 0 Å². The smallest absolute Gasteiger partial charge is 0.326 e. The molecule has 2 aromatic heterocycles. The number of allylic oxidation sites excluding steroid dienone is 2. The van der Waals surface area contributed by atoms with Crippen LogP contribution < -0.4 is 10.1 Å². The minimum Gasteiger partial charge on any atom is -0.461 e. The minimum atomic E-state index is -0.279. The van der Waals surface area contributed by atoms with E-state index in [0.717, 1.165) is 52.3 Å². The fraction of sp³-hybridized carbons (Fsp3) is 0.370. The molecule has 0 aliphatic carbocycles. The molecule has 1 aromatic carbocycles. The number of carbonyl (C=O) groups excluding carboxylic acids is 2. The highest BCUT2D eigenvalue weighted by atomic mass is 32.1. The Balaban J connectivity index is 0.000000414. The molecular weight excluding hydrogens is 492 g/mol. The standard InChI is InChI=1S/C21H19N3O4S.C6H15NO/c1-13-8-14-9-15(2-3-19(14)24(13)21(27)23-6-7-25)28-16-4-5-22-18-11-17(12-26)29-20(18)10-16;1-4-7(3)5-6(2)8/h2-5,8-9,11-12,25H,6-7,10H2,1H3,(H,23,27);6,8H,4-5H2,1-3H3/t;6-/m.0/s1. The number of carbonyl (C=O) groups is 2. The van der Waals surface area contributed by atoms with Crippen molar-refractivity contribution in [3.63, 3.8) is 0 Å². The van der Waals surface area contributed by atoms with E-state index in [9.17, 15) is 9.59 Å². The number of aromatic nitrogens is 1. The Labute approximate surface area is 220 Å². The van der Waals surface area contributed by atoms with E-state index >= 15 is 0 Å². The minimum absolute atomic E-state index is 0.110. The third-order valence-corrected chi connectivity index (χ3v) is 6.69. The van der Waals surface area contributed by atoms with E-state index in [-0.39, 0.29) is 25.3 Å². The van der Waals surface area contributed by atoms with Gasteiger partial charge in [0.1, 0.15) is 11.5 Å². The molecule has 198 valence electrons. The molecule has 0 saturated carbocycles. The monoisotopic (exact) mass is 526 g/mol. The lowest BCUT2D eigenvalue weighted by molar-refractivity contribution is 0.112. The molecule has 0 fully saturated rings. The second-order valence-electron chi connectivity index (χ2n) is 8.77. The highest BCUT2D eigenvalue weighted by Crippen LogP contribution is 2.33. The summed E-state index contributed by atoms with van der Waals surface area (Å²) in [6.45, 7) is 7.59. The first-order valence-corrected chi connectivity index (χ1v) is 12.9. The van der Waals surface area contributed by atoms with Gasteiger partial charge in [0.15, 0.2) is 6.29 Å². The van der Waals surface area contributed by atoms with Crippen LogP contribution in [0, 0.1) is 6.92 Å². The summed E-state index contributed by atoms with van der Waals surface area (Å²) in [6.07, 6.45) is 4.68. The molecule has 0 bridgehead atoms. The van der Waals surface area contributed by atoms with E-state index in [4.69, 9.17) is 14.9 Å². The van der Waals surface area contributed by atoms with Crippen molar-refractivity contribution in [2.75, 3.05) is 33.3 Å². The zero-order chi connectivity index (χ0) is 26.9. The first kappa shape index (κ1) is 28.3. The van der Waals surface area contributed by atoms with Crippen molar-refractivity contribution >= 4 is 46.5 Å². The number of fused-ring (bicyclic) bond motifs is 2. The topological polar surface area (TPSA) is 116 Å². The SMILES string of the molecule is CCN(C)C[C@H](C)O.Cc1cc2cc(OC3=CC=Nc4cc(C=O)sc4C3)ccc2n1C(=O)NCCO. The van der Waals surface area contributed by atoms with Crippen molar-refractivity contribution in [1.82, 2.24) is 14.8 Å². The van der Waals surface area contributed by atoms with Crippen molar-refractivity contribution in [3.05, 3.63) is 57.6 Å². The first-order chi connectivity index (χ1) is 17.7. The molecule has 1 aliphatic rings. The van der Waals surface area contributed by atoms with Crippen molar-refractivity contribution in [2.24, 2.45) is 4.99 Å². The average molecular weight is 527 g/mol. The summed E-state index contributed by atoms with van der Waals surface area (Å²) < 4.78 is 7.64. The van der Waals surface area contributed by atoms with Gasteiger partial charge >= 0.3 is 6.03 Å². The van der Waals surface area contributed by atoms with Crippen LogP contribution in [-0.2, 0) is 6.42 Å². The van der Waals surface area contributed by atoms with Gasteiger partial charge < -0.3 is 25.2 Å². The number of thiophene rings is 1. The molecule has 3 heterocycles. The van der Waals surface area contributed by atoms with Gasteiger partial charge in [-0.15, -0.1) is 11.3 Å². The lowest BCUT2D eigenvalue weighted by Gasteiger charge is -2.14. The number of nitrogens with one attached hydrogen (secondary N) is 1. The van der Waals surface area contributed by atoms with E-state index in [1.807, 2.05) is 44.3 Å². The van der Waals surface area contributed by atoms with Crippen molar-refractivity contribution in [2.45, 2.75) is 33.3 Å². The quantitative estimate of drug-likeness (QED) is 0.383. The highest BCUT2D eigenvalue weighted by Gasteiger charge is 2.16. The Hall–Kier alpha value is -3.31. The second kappa shape index (κ2) is 13.3. The number of ether oxygens (including phenoxy) is 1. The van der Waals surface area contributed by atoms with Gasteiger partial charge in [0, 0.05) is 41.7 Å². The molecule has 9 nitrogen and oxygen atoms in total. The normalized spacial score (nSPS) is 13.3. The fourth-order valence-electron chi connectivity index (χ4n) is 3.86. The number of amides is 1. The highest BCUT2D eigenvalue weighted by molar-refractivity contribution is 7.14. The summed E-state index contributed by atoms with van der Waals surface area (Å²) in [5.41, 5.74) is 2.35. The Morgan fingerprint density at radius 1 is 1.35 bits per heavy atom. The van der Waals surface area contributed by atoms with E-state index in [0.29, 0.717) is 17.0 Å². The largest absolute Gasteiger partial charge is 0.461 e. The van der Waals surface area contributed by atoms with Crippen molar-refractivity contribution < 1.29 is 24.5 Å². The Kier molecular flexibility index (Phi) is 10.2. The molecule has 3 aromatic rings. The van der Waals surface area contributed by atoms with Gasteiger partial charge in [0.25, 0.3) is 0 Å². The lowest BCUT2D eigenvalue weighted by Crippen LogP contribution is -2.31. The molecule has 4 rings (SSSR count). The van der Waals surface area contributed by atoms with Crippen LogP contribution in [0.5, 0.6) is 5.75 Å². The van der Waals surface area contributed by atoms with Gasteiger partial charge in [-0.05, 0) is 63.8 Å². The van der Waals surface area contributed by atoms with Crippen LogP contribution in [-0.4, -0.2) is 77.6 Å². The van der Waals surface area contributed by atoms with E-state index in [1.165, 1.54) is 11.3 Å². The number of nitrogens with zero attached hydrogens (tertiary/aromatic N) is 3. The number of hydrogen-bond acceptors (Lipinski definition) is 8. The van der Waals surface area contributed by atoms with Gasteiger partial charge in [-0.1, -0.05) is 6.92 Å². The fourth-order valence-corrected chi connectivity index (χ4v) is 4.79. The molecule has 0 radical (unpaired) electrons. The molecule has 3 N–H and O–H groups in total. The van der Waals surface area contributed by atoms with Crippen LogP contribution in [0.25, 0.3) is 10.9 Å². The summed E-state index contributed by atoms with van der Waals surface area (Å²) in [7, 11) is 1.99. The molecule has 0 unspecified atom stereocenters. The van der Waals surface area contributed by atoms with Gasteiger partial charge in [-0.2, -0.15) is 0 Å². The predicted octanol–water partition coefficient (Wildman–Crippen LogP) is 3.91. The first-order valence-electron chi connectivity index (χ1n) is 12.1. The predicted molar refractivity (Wildman–Crippen MR) is 148 cm³/mol. The Morgan fingerprint density at radius 3 is 2.78 bits per heavy atom. The second-order valence-corrected chi connectivity index (χ2v) is 9.93. The number of aldehydes is 1. The van der Waals surface area contributed by atoms with E-state index in [1.54, 1.807) is 23.8 Å². The van der Waals surface area contributed by atoms with E-state index in [2.05, 4.69) is 22.1 Å². The van der Waals surface area contributed by atoms with Crippen LogP contribution in [0.15, 0.2) is 47.2 Å². The molecular formula is C27H34N4O5S. The number of aliphatic hydroxyl groups excluding tert-OH is 2. The van der Waals surface area contributed by atoms with Crippen LogP contribution in [0.1, 0.15) is 34.1 Å². The molecule has 0 saturated heterocycles. The number of hydrogen-bond donors (Lipinski definition) is 3. The maximum absolute atomic E-state index is 12.3. The lowest BCUT2D eigenvalue weighted by atomic mass is 10.2. The Morgan fingerprint density at radius 2 is 2.14 bits per heavy atom. The zero-order valence-corrected chi connectivity index (χ0v) is 22.4. The number of aliphatic imine (C=N–C) groups is 1. The maximum atomic E-state index is 12.3. The van der Waals surface area contributed by atoms with Crippen LogP contribution in [0.3, 0.4) is 0 Å². The Bertz CT molecular complexity index is 1290. The summed E-state index contributed by atoms with van der Waals surface area (Å²) in [6, 6.07) is 8.94. The van der Waals surface area contributed by atoms with Gasteiger partial charge in [0.05, 0.1) is 28.8 Å². The maximum Gasteiger partial charge on any atom is 0.326 e. The molecule has 0 spiro atoms. The van der Waals surface area contributed by atoms with E-state index < -0.39 is 0 Å². The number of benzene rings is 1. The summed E-state index contributed by atoms with van der Waals surface area (Å²) in [5.74, 6) is 1.38. The van der Waals surface area contributed by atoms with Crippen LogP contribution >= 0.6 is 11.3 Å². The summed E-state index contributed by atoms with van der Waals surface area (Å²) in [5, 5.41) is 21.3. The van der Waals surface area contributed by atoms with Crippen molar-refractivity contribution in [3.8, 4) is 5.75 Å². The molecule has 1 aliphatic heterocycles. The number of aliphatic hydroxyl groups is 2. The molecule has 10 heteroatoms. The third-order valence-electron chi connectivity index (χ3n) is 5.64. The van der Waals surface area contributed by atoms with Crippen LogP contribution in [0.4, 0.5) is 10.5 Å². The average Bonchev–Trinajstić information content (AvgIpc) is 3.35. The molecule has 37 heavy (non-hydrogen) atoms. The summed E-state index contributed by atoms with van der Waals surface area (Å²) >= 11 is 1.41.